The number of rotatable bonds is 5. The van der Waals surface area contributed by atoms with Crippen LogP contribution < -0.4 is 4.74 Å². The van der Waals surface area contributed by atoms with Gasteiger partial charge in [-0.05, 0) is 57.2 Å². The Labute approximate surface area is 122 Å². The van der Waals surface area contributed by atoms with Gasteiger partial charge < -0.3 is 9.47 Å². The van der Waals surface area contributed by atoms with Gasteiger partial charge in [-0.1, -0.05) is 32.4 Å². The molecule has 1 aromatic rings. The molecule has 0 saturated carbocycles. The number of hydrogen-bond donors (Lipinski definition) is 0. The predicted molar refractivity (Wildman–Crippen MR) is 81.2 cm³/mol. The molecule has 20 heavy (non-hydrogen) atoms. The van der Waals surface area contributed by atoms with Crippen molar-refractivity contribution in [2.24, 2.45) is 0 Å². The second-order valence-electron chi connectivity index (χ2n) is 6.03. The quantitative estimate of drug-likeness (QED) is 0.542. The van der Waals surface area contributed by atoms with E-state index in [1.54, 1.807) is 0 Å². The van der Waals surface area contributed by atoms with E-state index in [4.69, 9.17) is 9.47 Å². The largest absolute Gasteiger partial charge is 0.514 e. The molecular formula is C17H26O3. The topological polar surface area (TPSA) is 35.5 Å². The molecule has 0 heterocycles. The fraction of sp³-hybridized carbons (Fsp3) is 0.588. The summed E-state index contributed by atoms with van der Waals surface area (Å²) in [6.07, 6.45) is 2.82. The van der Waals surface area contributed by atoms with Crippen LogP contribution in [0.2, 0.25) is 0 Å². The fourth-order valence-corrected chi connectivity index (χ4v) is 2.13. The first kappa shape index (κ1) is 16.5. The Kier molecular flexibility index (Phi) is 6.05. The van der Waals surface area contributed by atoms with Crippen molar-refractivity contribution in [2.45, 2.75) is 65.4 Å². The molecule has 1 aromatic carbocycles. The predicted octanol–water partition coefficient (Wildman–Crippen LogP) is 5.29. The summed E-state index contributed by atoms with van der Waals surface area (Å²) in [4.78, 5) is 11.6. The van der Waals surface area contributed by atoms with Crippen LogP contribution in [0.3, 0.4) is 0 Å². The van der Waals surface area contributed by atoms with Gasteiger partial charge in [-0.2, -0.15) is 0 Å². The highest BCUT2D eigenvalue weighted by molar-refractivity contribution is 5.64. The first-order valence-electron chi connectivity index (χ1n) is 7.36. The molecule has 0 aliphatic carbocycles. The molecule has 0 fully saturated rings. The zero-order chi connectivity index (χ0) is 15.2. The lowest BCUT2D eigenvalue weighted by molar-refractivity contribution is 0.0206. The number of carbonyl (C=O) groups is 1. The van der Waals surface area contributed by atoms with Crippen molar-refractivity contribution in [2.75, 3.05) is 0 Å². The third-order valence-corrected chi connectivity index (χ3v) is 3.07. The second-order valence-corrected chi connectivity index (χ2v) is 6.03. The first-order chi connectivity index (χ1) is 9.35. The monoisotopic (exact) mass is 278 g/mol. The van der Waals surface area contributed by atoms with Crippen molar-refractivity contribution in [1.82, 2.24) is 0 Å². The van der Waals surface area contributed by atoms with Gasteiger partial charge in [0, 0.05) is 0 Å². The summed E-state index contributed by atoms with van der Waals surface area (Å²) < 4.78 is 10.3. The van der Waals surface area contributed by atoms with Crippen LogP contribution in [0, 0.1) is 0 Å². The molecule has 1 unspecified atom stereocenters. The minimum absolute atomic E-state index is 0.523. The molecule has 1 atom stereocenters. The zero-order valence-electron chi connectivity index (χ0n) is 13.2. The highest BCUT2D eigenvalue weighted by atomic mass is 16.7. The zero-order valence-corrected chi connectivity index (χ0v) is 13.2. The van der Waals surface area contributed by atoms with E-state index in [1.807, 2.05) is 45.0 Å². The minimum Gasteiger partial charge on any atom is -0.428 e. The molecule has 1 rings (SSSR count). The van der Waals surface area contributed by atoms with Crippen LogP contribution in [0.1, 0.15) is 65.4 Å². The lowest BCUT2D eigenvalue weighted by Crippen LogP contribution is -2.25. The van der Waals surface area contributed by atoms with E-state index in [1.165, 1.54) is 18.4 Å². The molecule has 0 spiro atoms. The number of ether oxygens (including phenoxy) is 2. The average molecular weight is 278 g/mol. The van der Waals surface area contributed by atoms with Crippen molar-refractivity contribution in [3.8, 4) is 5.75 Å². The molecule has 3 nitrogen and oxygen atoms in total. The molecule has 0 N–H and O–H groups in total. The summed E-state index contributed by atoms with van der Waals surface area (Å²) in [6, 6.07) is 7.72. The van der Waals surface area contributed by atoms with E-state index in [0.29, 0.717) is 11.7 Å². The van der Waals surface area contributed by atoms with Gasteiger partial charge in [0.05, 0.1) is 0 Å². The maximum atomic E-state index is 11.6. The maximum absolute atomic E-state index is 11.6. The van der Waals surface area contributed by atoms with Crippen molar-refractivity contribution < 1.29 is 14.3 Å². The van der Waals surface area contributed by atoms with E-state index in [9.17, 15) is 4.79 Å². The fourth-order valence-electron chi connectivity index (χ4n) is 2.13. The van der Waals surface area contributed by atoms with Gasteiger partial charge in [-0.3, -0.25) is 0 Å². The smallest absolute Gasteiger partial charge is 0.428 e. The Morgan fingerprint density at radius 2 is 1.75 bits per heavy atom. The molecule has 0 bridgehead atoms. The lowest BCUT2D eigenvalue weighted by atomic mass is 9.92. The Hall–Kier alpha value is -1.51. The Morgan fingerprint density at radius 3 is 2.20 bits per heavy atom. The molecule has 0 amide bonds. The summed E-state index contributed by atoms with van der Waals surface area (Å²) >= 11 is 0. The standard InChI is InChI=1S/C17H26O3/c1-6-8-13(7-2)14-9-11-15(12-10-14)19-16(18)20-17(3,4)5/h9-13H,6-8H2,1-5H3. The number of hydrogen-bond acceptors (Lipinski definition) is 3. The lowest BCUT2D eigenvalue weighted by Gasteiger charge is -2.19. The van der Waals surface area contributed by atoms with Crippen molar-refractivity contribution in [3.05, 3.63) is 29.8 Å². The van der Waals surface area contributed by atoms with E-state index < -0.39 is 11.8 Å². The molecule has 112 valence electrons. The van der Waals surface area contributed by atoms with E-state index in [2.05, 4.69) is 13.8 Å². The third-order valence-electron chi connectivity index (χ3n) is 3.07. The maximum Gasteiger partial charge on any atom is 0.514 e. The molecule has 0 saturated heterocycles. The Balaban J connectivity index is 2.64. The van der Waals surface area contributed by atoms with Crippen LogP contribution in [0.15, 0.2) is 24.3 Å². The van der Waals surface area contributed by atoms with E-state index in [0.717, 1.165) is 6.42 Å². The average Bonchev–Trinajstić information content (AvgIpc) is 2.34. The van der Waals surface area contributed by atoms with E-state index >= 15 is 0 Å². The highest BCUT2D eigenvalue weighted by Crippen LogP contribution is 2.26. The number of carbonyl (C=O) groups excluding carboxylic acids is 1. The van der Waals surface area contributed by atoms with Gasteiger partial charge in [0.2, 0.25) is 0 Å². The third kappa shape index (κ3) is 5.64. The van der Waals surface area contributed by atoms with Crippen LogP contribution >= 0.6 is 0 Å². The Bertz CT molecular complexity index is 415. The molecule has 3 heteroatoms. The van der Waals surface area contributed by atoms with Crippen LogP contribution in [-0.4, -0.2) is 11.8 Å². The summed E-state index contributed by atoms with van der Waals surface area (Å²) in [5, 5.41) is 0. The summed E-state index contributed by atoms with van der Waals surface area (Å²) in [7, 11) is 0. The van der Waals surface area contributed by atoms with Gasteiger partial charge in [0.1, 0.15) is 11.4 Å². The van der Waals surface area contributed by atoms with Gasteiger partial charge in [-0.25, -0.2) is 4.79 Å². The Morgan fingerprint density at radius 1 is 1.15 bits per heavy atom. The summed E-state index contributed by atoms with van der Waals surface area (Å²) in [5.41, 5.74) is 0.761. The highest BCUT2D eigenvalue weighted by Gasteiger charge is 2.18. The molecular weight excluding hydrogens is 252 g/mol. The first-order valence-corrected chi connectivity index (χ1v) is 7.36. The van der Waals surface area contributed by atoms with Crippen LogP contribution in [-0.2, 0) is 4.74 Å². The molecule has 0 aliphatic heterocycles. The SMILES string of the molecule is CCCC(CC)c1ccc(OC(=O)OC(C)(C)C)cc1. The number of benzene rings is 1. The van der Waals surface area contributed by atoms with Crippen molar-refractivity contribution in [1.29, 1.82) is 0 Å². The second kappa shape index (κ2) is 7.32. The summed E-state index contributed by atoms with van der Waals surface area (Å²) in [5.74, 6) is 1.10. The van der Waals surface area contributed by atoms with Gasteiger partial charge >= 0.3 is 6.16 Å². The molecule has 0 aromatic heterocycles. The normalized spacial score (nSPS) is 12.8. The minimum atomic E-state index is -0.661. The van der Waals surface area contributed by atoms with Crippen LogP contribution in [0.25, 0.3) is 0 Å². The van der Waals surface area contributed by atoms with Crippen molar-refractivity contribution in [3.63, 3.8) is 0 Å². The van der Waals surface area contributed by atoms with E-state index in [-0.39, 0.29) is 0 Å². The molecule has 0 radical (unpaired) electrons. The van der Waals surface area contributed by atoms with Crippen LogP contribution in [0.5, 0.6) is 5.75 Å². The van der Waals surface area contributed by atoms with Gasteiger partial charge in [-0.15, -0.1) is 0 Å². The molecule has 0 aliphatic rings. The van der Waals surface area contributed by atoms with Gasteiger partial charge in [0.25, 0.3) is 0 Å². The summed E-state index contributed by atoms with van der Waals surface area (Å²) in [6.45, 7) is 9.84. The van der Waals surface area contributed by atoms with Crippen LogP contribution in [0.4, 0.5) is 4.79 Å². The van der Waals surface area contributed by atoms with Crippen molar-refractivity contribution >= 4 is 6.16 Å². The van der Waals surface area contributed by atoms with Gasteiger partial charge in [0.15, 0.2) is 0 Å².